The fourth-order valence-electron chi connectivity index (χ4n) is 0.166. The summed E-state index contributed by atoms with van der Waals surface area (Å²) < 4.78 is -0.637. The third-order valence-corrected chi connectivity index (χ3v) is 1.10. The van der Waals surface area contributed by atoms with E-state index in [9.17, 15) is 0 Å². The van der Waals surface area contributed by atoms with Crippen LogP contribution in [0, 0.1) is 0 Å². The van der Waals surface area contributed by atoms with Gasteiger partial charge in [-0.3, -0.25) is 0 Å². The summed E-state index contributed by atoms with van der Waals surface area (Å²) in [4.78, 5) is 0. The molecule has 0 aliphatic carbocycles. The van der Waals surface area contributed by atoms with Gasteiger partial charge in [0.25, 0.3) is 0 Å². The van der Waals surface area contributed by atoms with Crippen LogP contribution in [-0.2, 0) is 0 Å². The fourth-order valence-corrected chi connectivity index (χ4v) is 0.926. The van der Waals surface area contributed by atoms with Crippen molar-refractivity contribution in [2.24, 2.45) is 0 Å². The standard InChI is InChI=1S/C4H7Cl3/c1-4(6,7)2-3-5/h2-3H2,1H3. The first-order chi connectivity index (χ1) is 3.06. The monoisotopic (exact) mass is 160 g/mol. The van der Waals surface area contributed by atoms with E-state index in [1.165, 1.54) is 0 Å². The molecule has 0 atom stereocenters. The molecule has 0 aromatic carbocycles. The molecule has 0 heterocycles. The third-order valence-electron chi connectivity index (χ3n) is 0.533. The van der Waals surface area contributed by atoms with Crippen LogP contribution in [0.1, 0.15) is 13.3 Å². The van der Waals surface area contributed by atoms with Gasteiger partial charge in [-0.15, -0.1) is 34.8 Å². The SMILES string of the molecule is CC(Cl)(Cl)CCCl. The highest BCUT2D eigenvalue weighted by molar-refractivity contribution is 6.48. The van der Waals surface area contributed by atoms with E-state index >= 15 is 0 Å². The van der Waals surface area contributed by atoms with E-state index in [-0.39, 0.29) is 0 Å². The zero-order valence-corrected chi connectivity index (χ0v) is 6.32. The van der Waals surface area contributed by atoms with E-state index in [0.29, 0.717) is 12.3 Å². The van der Waals surface area contributed by atoms with Gasteiger partial charge < -0.3 is 0 Å². The summed E-state index contributed by atoms with van der Waals surface area (Å²) >= 11 is 16.3. The highest BCUT2D eigenvalue weighted by atomic mass is 35.5. The summed E-state index contributed by atoms with van der Waals surface area (Å²) in [5.41, 5.74) is 0. The second-order valence-electron chi connectivity index (χ2n) is 1.51. The van der Waals surface area contributed by atoms with Crippen LogP contribution in [0.15, 0.2) is 0 Å². The van der Waals surface area contributed by atoms with Crippen molar-refractivity contribution < 1.29 is 0 Å². The van der Waals surface area contributed by atoms with Gasteiger partial charge in [0, 0.05) is 5.88 Å². The Balaban J connectivity index is 3.15. The maximum absolute atomic E-state index is 5.51. The van der Waals surface area contributed by atoms with E-state index in [4.69, 9.17) is 34.8 Å². The summed E-state index contributed by atoms with van der Waals surface area (Å²) in [5.74, 6) is 0.517. The highest BCUT2D eigenvalue weighted by Crippen LogP contribution is 2.23. The minimum Gasteiger partial charge on any atom is -0.127 e. The molecule has 0 aromatic rings. The van der Waals surface area contributed by atoms with Crippen LogP contribution in [0.2, 0.25) is 0 Å². The van der Waals surface area contributed by atoms with Crippen LogP contribution in [0.25, 0.3) is 0 Å². The molecule has 0 unspecified atom stereocenters. The molecular formula is C4H7Cl3. The van der Waals surface area contributed by atoms with Crippen LogP contribution < -0.4 is 0 Å². The fraction of sp³-hybridized carbons (Fsp3) is 1.00. The average molecular weight is 161 g/mol. The molecule has 0 fully saturated rings. The second-order valence-corrected chi connectivity index (χ2v) is 3.75. The molecule has 0 aliphatic heterocycles. The number of alkyl halides is 3. The predicted molar refractivity (Wildman–Crippen MR) is 35.4 cm³/mol. The maximum Gasteiger partial charge on any atom is 0.116 e. The lowest BCUT2D eigenvalue weighted by Crippen LogP contribution is -2.05. The Morgan fingerprint density at radius 2 is 1.86 bits per heavy atom. The summed E-state index contributed by atoms with van der Waals surface area (Å²) in [6.45, 7) is 1.72. The molecule has 0 aromatic heterocycles. The molecule has 0 spiro atoms. The minimum atomic E-state index is -0.637. The van der Waals surface area contributed by atoms with Crippen LogP contribution in [-0.4, -0.2) is 10.2 Å². The Hall–Kier alpha value is 0.870. The largest absolute Gasteiger partial charge is 0.127 e. The minimum absolute atomic E-state index is 0.517. The molecule has 0 aliphatic rings. The van der Waals surface area contributed by atoms with Gasteiger partial charge >= 0.3 is 0 Å². The summed E-state index contributed by atoms with van der Waals surface area (Å²) in [6.07, 6.45) is 0.637. The van der Waals surface area contributed by atoms with Crippen molar-refractivity contribution in [3.63, 3.8) is 0 Å². The van der Waals surface area contributed by atoms with Gasteiger partial charge in [-0.1, -0.05) is 0 Å². The van der Waals surface area contributed by atoms with E-state index < -0.39 is 4.33 Å². The van der Waals surface area contributed by atoms with E-state index in [1.807, 2.05) is 0 Å². The lowest BCUT2D eigenvalue weighted by atomic mass is 10.4. The molecule has 0 saturated heterocycles. The molecule has 44 valence electrons. The first-order valence-electron chi connectivity index (χ1n) is 2.00. The van der Waals surface area contributed by atoms with E-state index in [2.05, 4.69) is 0 Å². The number of rotatable bonds is 2. The van der Waals surface area contributed by atoms with Crippen LogP contribution >= 0.6 is 34.8 Å². The summed E-state index contributed by atoms with van der Waals surface area (Å²) in [5, 5.41) is 0. The number of hydrogen-bond donors (Lipinski definition) is 0. The van der Waals surface area contributed by atoms with E-state index in [0.717, 1.165) is 0 Å². The van der Waals surface area contributed by atoms with Crippen molar-refractivity contribution in [2.75, 3.05) is 5.88 Å². The third kappa shape index (κ3) is 6.87. The van der Waals surface area contributed by atoms with Gasteiger partial charge in [-0.25, -0.2) is 0 Å². The molecule has 3 heteroatoms. The quantitative estimate of drug-likeness (QED) is 0.547. The maximum atomic E-state index is 5.51. The molecule has 0 nitrogen and oxygen atoms in total. The van der Waals surface area contributed by atoms with Crippen LogP contribution in [0.3, 0.4) is 0 Å². The lowest BCUT2D eigenvalue weighted by molar-refractivity contribution is 0.827. The van der Waals surface area contributed by atoms with Crippen molar-refractivity contribution in [1.29, 1.82) is 0 Å². The average Bonchev–Trinajstić information content (AvgIpc) is 1.30. The molecular weight excluding hydrogens is 154 g/mol. The topological polar surface area (TPSA) is 0 Å². The Labute approximate surface area is 58.7 Å². The Morgan fingerprint density at radius 1 is 1.43 bits per heavy atom. The molecule has 0 amide bonds. The van der Waals surface area contributed by atoms with Gasteiger partial charge in [-0.2, -0.15) is 0 Å². The molecule has 7 heavy (non-hydrogen) atoms. The number of hydrogen-bond acceptors (Lipinski definition) is 0. The van der Waals surface area contributed by atoms with Crippen molar-refractivity contribution >= 4 is 34.8 Å². The van der Waals surface area contributed by atoms with E-state index in [1.54, 1.807) is 6.92 Å². The molecule has 0 bridgehead atoms. The summed E-state index contributed by atoms with van der Waals surface area (Å²) in [6, 6.07) is 0. The zero-order valence-electron chi connectivity index (χ0n) is 4.05. The Morgan fingerprint density at radius 3 is 1.86 bits per heavy atom. The van der Waals surface area contributed by atoms with Gasteiger partial charge in [0.1, 0.15) is 4.33 Å². The molecule has 0 N–H and O–H groups in total. The van der Waals surface area contributed by atoms with Crippen molar-refractivity contribution in [2.45, 2.75) is 17.7 Å². The second kappa shape index (κ2) is 3.01. The Bertz CT molecular complexity index is 45.4. The van der Waals surface area contributed by atoms with Gasteiger partial charge in [0.2, 0.25) is 0 Å². The normalized spacial score (nSPS) is 12.0. The smallest absolute Gasteiger partial charge is 0.116 e. The van der Waals surface area contributed by atoms with Gasteiger partial charge in [0.15, 0.2) is 0 Å². The first kappa shape index (κ1) is 7.87. The van der Waals surface area contributed by atoms with Crippen molar-refractivity contribution in [3.8, 4) is 0 Å². The van der Waals surface area contributed by atoms with Gasteiger partial charge in [-0.05, 0) is 13.3 Å². The van der Waals surface area contributed by atoms with Gasteiger partial charge in [0.05, 0.1) is 0 Å². The highest BCUT2D eigenvalue weighted by Gasteiger charge is 2.13. The van der Waals surface area contributed by atoms with Crippen LogP contribution in [0.5, 0.6) is 0 Å². The lowest BCUT2D eigenvalue weighted by Gasteiger charge is -2.08. The summed E-state index contributed by atoms with van der Waals surface area (Å²) in [7, 11) is 0. The molecule has 0 rings (SSSR count). The zero-order chi connectivity index (χ0) is 5.91. The van der Waals surface area contributed by atoms with Crippen LogP contribution in [0.4, 0.5) is 0 Å². The first-order valence-corrected chi connectivity index (χ1v) is 3.29. The number of halogens is 3. The van der Waals surface area contributed by atoms with Crippen molar-refractivity contribution in [3.05, 3.63) is 0 Å². The molecule has 0 radical (unpaired) electrons. The van der Waals surface area contributed by atoms with Crippen molar-refractivity contribution in [1.82, 2.24) is 0 Å². The predicted octanol–water partition coefficient (Wildman–Crippen LogP) is 2.81. The molecule has 0 saturated carbocycles. The Kier molecular flexibility index (Phi) is 3.38.